The Morgan fingerprint density at radius 2 is 1.70 bits per heavy atom. The van der Waals surface area contributed by atoms with Crippen LogP contribution in [0.25, 0.3) is 0 Å². The predicted molar refractivity (Wildman–Crippen MR) is 73.3 cm³/mol. The summed E-state index contributed by atoms with van der Waals surface area (Å²) in [4.78, 5) is 0. The Labute approximate surface area is 119 Å². The maximum Gasteiger partial charge on any atom is 0.392 e. The van der Waals surface area contributed by atoms with Crippen LogP contribution in [0.1, 0.15) is 64.2 Å². The highest BCUT2D eigenvalue weighted by Crippen LogP contribution is 2.44. The van der Waals surface area contributed by atoms with Gasteiger partial charge in [0.1, 0.15) is 0 Å². The first-order chi connectivity index (χ1) is 9.50. The van der Waals surface area contributed by atoms with Gasteiger partial charge in [0.25, 0.3) is 0 Å². The summed E-state index contributed by atoms with van der Waals surface area (Å²) in [5, 5.41) is 10.5. The second-order valence-corrected chi connectivity index (χ2v) is 6.27. The van der Waals surface area contributed by atoms with Gasteiger partial charge in [0.2, 0.25) is 0 Å². The van der Waals surface area contributed by atoms with Crippen molar-refractivity contribution in [3.63, 3.8) is 0 Å². The number of hydrogen-bond donors (Lipinski definition) is 1. The molecule has 0 aliphatic heterocycles. The number of aliphatic hydroxyl groups excluding tert-OH is 1. The van der Waals surface area contributed by atoms with E-state index in [4.69, 9.17) is 0 Å². The van der Waals surface area contributed by atoms with Crippen LogP contribution in [0, 0.1) is 11.8 Å². The molecule has 0 amide bonds. The minimum Gasteiger partial charge on any atom is -0.388 e. The topological polar surface area (TPSA) is 20.2 Å². The molecule has 116 valence electrons. The number of aliphatic hydroxyl groups is 1. The fourth-order valence-corrected chi connectivity index (χ4v) is 3.70. The van der Waals surface area contributed by atoms with Crippen LogP contribution in [0.3, 0.4) is 0 Å². The van der Waals surface area contributed by atoms with Crippen molar-refractivity contribution in [2.24, 2.45) is 11.8 Å². The third-order valence-corrected chi connectivity index (χ3v) is 4.85. The summed E-state index contributed by atoms with van der Waals surface area (Å²) < 4.78 is 39.4. The molecule has 0 aromatic rings. The molecule has 2 aliphatic carbocycles. The third kappa shape index (κ3) is 4.00. The molecule has 0 bridgehead atoms. The molecule has 0 aromatic heterocycles. The highest BCUT2D eigenvalue weighted by atomic mass is 19.4. The summed E-state index contributed by atoms with van der Waals surface area (Å²) >= 11 is 0. The number of hydrogen-bond acceptors (Lipinski definition) is 1. The second kappa shape index (κ2) is 6.97. The summed E-state index contributed by atoms with van der Waals surface area (Å²) in [7, 11) is 0. The van der Waals surface area contributed by atoms with Gasteiger partial charge in [0.15, 0.2) is 0 Å². The van der Waals surface area contributed by atoms with Crippen molar-refractivity contribution in [3.05, 3.63) is 11.6 Å². The number of allylic oxidation sites excluding steroid dienone is 1. The van der Waals surface area contributed by atoms with Crippen LogP contribution in [0.4, 0.5) is 13.2 Å². The first kappa shape index (κ1) is 15.9. The van der Waals surface area contributed by atoms with Gasteiger partial charge in [0, 0.05) is 5.92 Å². The lowest BCUT2D eigenvalue weighted by Crippen LogP contribution is -2.40. The minimum absolute atomic E-state index is 0.179. The fraction of sp³-hybridized carbons (Fsp3) is 0.875. The van der Waals surface area contributed by atoms with Crippen molar-refractivity contribution < 1.29 is 18.3 Å². The third-order valence-electron chi connectivity index (χ3n) is 4.85. The van der Waals surface area contributed by atoms with Gasteiger partial charge in [-0.05, 0) is 44.1 Å². The molecule has 0 aromatic carbocycles. The minimum atomic E-state index is -4.17. The Hall–Kier alpha value is -0.510. The van der Waals surface area contributed by atoms with Gasteiger partial charge in [-0.15, -0.1) is 0 Å². The smallest absolute Gasteiger partial charge is 0.388 e. The molecular formula is C16H25F3O. The Morgan fingerprint density at radius 1 is 1.00 bits per heavy atom. The standard InChI is InChI=1S/C16H25F3O/c17-16(18,19)14-11-7-6-10-13(14)15(20)12-8-4-2-1-3-5-9-12/h8,13-15,20H,1-7,9-11H2. The first-order valence-electron chi connectivity index (χ1n) is 7.94. The van der Waals surface area contributed by atoms with Gasteiger partial charge in [0.05, 0.1) is 12.0 Å². The molecule has 1 nitrogen and oxygen atoms in total. The van der Waals surface area contributed by atoms with Gasteiger partial charge in [-0.25, -0.2) is 0 Å². The van der Waals surface area contributed by atoms with E-state index < -0.39 is 24.1 Å². The molecule has 1 saturated carbocycles. The second-order valence-electron chi connectivity index (χ2n) is 6.27. The van der Waals surface area contributed by atoms with Crippen molar-refractivity contribution in [2.75, 3.05) is 0 Å². The molecule has 1 N–H and O–H groups in total. The lowest BCUT2D eigenvalue weighted by molar-refractivity contribution is -0.204. The summed E-state index contributed by atoms with van der Waals surface area (Å²) in [5.74, 6) is -1.95. The van der Waals surface area contributed by atoms with Gasteiger partial charge < -0.3 is 5.11 Å². The zero-order valence-electron chi connectivity index (χ0n) is 12.0. The molecular weight excluding hydrogens is 265 g/mol. The Bertz CT molecular complexity index is 335. The van der Waals surface area contributed by atoms with Gasteiger partial charge >= 0.3 is 6.18 Å². The van der Waals surface area contributed by atoms with E-state index in [9.17, 15) is 18.3 Å². The number of rotatable bonds is 2. The molecule has 2 rings (SSSR count). The van der Waals surface area contributed by atoms with Crippen LogP contribution in [-0.2, 0) is 0 Å². The molecule has 2 aliphatic rings. The SMILES string of the molecule is OC(C1=CCCCCCC1)C1CCCCC1C(F)(F)F. The van der Waals surface area contributed by atoms with Crippen LogP contribution in [-0.4, -0.2) is 17.4 Å². The number of alkyl halides is 3. The average Bonchev–Trinajstić information content (AvgIpc) is 2.37. The van der Waals surface area contributed by atoms with E-state index in [2.05, 4.69) is 0 Å². The molecule has 0 radical (unpaired) electrons. The van der Waals surface area contributed by atoms with Gasteiger partial charge in [-0.1, -0.05) is 31.8 Å². The maximum absolute atomic E-state index is 13.1. The normalized spacial score (nSPS) is 31.1. The van der Waals surface area contributed by atoms with Crippen LogP contribution in [0.15, 0.2) is 11.6 Å². The van der Waals surface area contributed by atoms with E-state index in [0.717, 1.165) is 44.1 Å². The fourth-order valence-electron chi connectivity index (χ4n) is 3.70. The van der Waals surface area contributed by atoms with Crippen molar-refractivity contribution >= 4 is 0 Å². The van der Waals surface area contributed by atoms with Crippen molar-refractivity contribution in [2.45, 2.75) is 76.5 Å². The summed E-state index contributed by atoms with van der Waals surface area (Å²) in [5.41, 5.74) is 0.867. The highest BCUT2D eigenvalue weighted by Gasteiger charge is 2.48. The summed E-state index contributed by atoms with van der Waals surface area (Å²) in [6.45, 7) is 0. The Balaban J connectivity index is 2.10. The van der Waals surface area contributed by atoms with E-state index in [1.165, 1.54) is 6.42 Å². The van der Waals surface area contributed by atoms with Crippen molar-refractivity contribution in [3.8, 4) is 0 Å². The highest BCUT2D eigenvalue weighted by molar-refractivity contribution is 5.12. The van der Waals surface area contributed by atoms with E-state index in [1.54, 1.807) is 0 Å². The van der Waals surface area contributed by atoms with E-state index >= 15 is 0 Å². The monoisotopic (exact) mass is 290 g/mol. The van der Waals surface area contributed by atoms with E-state index in [1.807, 2.05) is 6.08 Å². The molecule has 4 heteroatoms. The van der Waals surface area contributed by atoms with Gasteiger partial charge in [-0.3, -0.25) is 0 Å². The molecule has 0 spiro atoms. The molecule has 0 saturated heterocycles. The molecule has 3 unspecified atom stereocenters. The number of halogens is 3. The van der Waals surface area contributed by atoms with Gasteiger partial charge in [-0.2, -0.15) is 13.2 Å². The molecule has 3 atom stereocenters. The maximum atomic E-state index is 13.1. The molecule has 0 heterocycles. The lowest BCUT2D eigenvalue weighted by Gasteiger charge is -2.37. The Morgan fingerprint density at radius 3 is 2.45 bits per heavy atom. The van der Waals surface area contributed by atoms with Crippen molar-refractivity contribution in [1.29, 1.82) is 0 Å². The largest absolute Gasteiger partial charge is 0.392 e. The Kier molecular flexibility index (Phi) is 5.53. The van der Waals surface area contributed by atoms with Crippen LogP contribution < -0.4 is 0 Å². The first-order valence-corrected chi connectivity index (χ1v) is 7.94. The van der Waals surface area contributed by atoms with Crippen LogP contribution >= 0.6 is 0 Å². The summed E-state index contributed by atoms with van der Waals surface area (Å²) in [6, 6.07) is 0. The molecule has 1 fully saturated rings. The van der Waals surface area contributed by atoms with Crippen LogP contribution in [0.5, 0.6) is 0 Å². The summed E-state index contributed by atoms with van der Waals surface area (Å²) in [6.07, 6.45) is 5.12. The van der Waals surface area contributed by atoms with Crippen LogP contribution in [0.2, 0.25) is 0 Å². The van der Waals surface area contributed by atoms with E-state index in [0.29, 0.717) is 12.8 Å². The van der Waals surface area contributed by atoms with Crippen molar-refractivity contribution in [1.82, 2.24) is 0 Å². The lowest BCUT2D eigenvalue weighted by atomic mass is 9.73. The quantitative estimate of drug-likeness (QED) is 0.710. The average molecular weight is 290 g/mol. The van der Waals surface area contributed by atoms with E-state index in [-0.39, 0.29) is 6.42 Å². The predicted octanol–water partition coefficient (Wildman–Crippen LogP) is 5.00. The zero-order valence-corrected chi connectivity index (χ0v) is 12.0. The molecule has 20 heavy (non-hydrogen) atoms. The zero-order chi connectivity index (χ0) is 14.6.